The minimum absolute atomic E-state index is 0.0804. The number of carbonyl (C=O) groups is 2. The van der Waals surface area contributed by atoms with Crippen LogP contribution < -0.4 is 5.32 Å². The zero-order valence-corrected chi connectivity index (χ0v) is 11.9. The number of piperazine rings is 1. The second-order valence-corrected chi connectivity index (χ2v) is 5.36. The van der Waals surface area contributed by atoms with E-state index in [9.17, 15) is 9.59 Å². The molecule has 2 unspecified atom stereocenters. The first-order chi connectivity index (χ1) is 9.58. The Morgan fingerprint density at radius 2 is 2.05 bits per heavy atom. The third-order valence-electron chi connectivity index (χ3n) is 4.01. The number of hydrogen-bond acceptors (Lipinski definition) is 4. The zero-order chi connectivity index (χ0) is 14.5. The lowest BCUT2D eigenvalue weighted by Gasteiger charge is -2.36. The van der Waals surface area contributed by atoms with Crippen molar-refractivity contribution in [2.75, 3.05) is 39.3 Å². The van der Waals surface area contributed by atoms with Crippen LogP contribution in [0.4, 0.5) is 4.79 Å². The van der Waals surface area contributed by atoms with Gasteiger partial charge in [0.25, 0.3) is 0 Å². The van der Waals surface area contributed by atoms with Gasteiger partial charge in [0.15, 0.2) is 0 Å². The van der Waals surface area contributed by atoms with Crippen molar-refractivity contribution in [2.24, 2.45) is 0 Å². The first kappa shape index (κ1) is 15.1. The highest BCUT2D eigenvalue weighted by molar-refractivity contribution is 5.75. The van der Waals surface area contributed by atoms with Crippen molar-refractivity contribution in [3.63, 3.8) is 0 Å². The topological polar surface area (TPSA) is 82.1 Å². The highest BCUT2D eigenvalue weighted by Gasteiger charge is 2.27. The molecule has 2 fully saturated rings. The highest BCUT2D eigenvalue weighted by Crippen LogP contribution is 2.11. The lowest BCUT2D eigenvalue weighted by molar-refractivity contribution is -0.143. The van der Waals surface area contributed by atoms with Crippen LogP contribution in [0.3, 0.4) is 0 Å². The molecule has 2 atom stereocenters. The maximum absolute atomic E-state index is 12.0. The predicted octanol–water partition coefficient (Wildman–Crippen LogP) is -0.0343. The summed E-state index contributed by atoms with van der Waals surface area (Å²) in [5, 5.41) is 11.9. The summed E-state index contributed by atoms with van der Waals surface area (Å²) in [4.78, 5) is 26.5. The fraction of sp³-hybridized carbons (Fsp3) is 0.846. The first-order valence-corrected chi connectivity index (χ1v) is 7.19. The molecule has 0 aliphatic carbocycles. The maximum atomic E-state index is 12.0. The van der Waals surface area contributed by atoms with E-state index in [2.05, 4.69) is 5.32 Å². The second kappa shape index (κ2) is 6.90. The number of amides is 2. The Hall–Kier alpha value is -1.34. The van der Waals surface area contributed by atoms with Crippen LogP contribution in [0.5, 0.6) is 0 Å². The number of hydrogen-bond donors (Lipinski definition) is 2. The fourth-order valence-corrected chi connectivity index (χ4v) is 2.59. The summed E-state index contributed by atoms with van der Waals surface area (Å²) < 4.78 is 5.46. The predicted molar refractivity (Wildman–Crippen MR) is 72.6 cm³/mol. The fourth-order valence-electron chi connectivity index (χ4n) is 2.59. The number of carbonyl (C=O) groups excluding carboxylic acids is 1. The van der Waals surface area contributed by atoms with E-state index in [4.69, 9.17) is 9.84 Å². The van der Waals surface area contributed by atoms with Crippen LogP contribution >= 0.6 is 0 Å². The van der Waals surface area contributed by atoms with Gasteiger partial charge in [0, 0.05) is 39.3 Å². The minimum Gasteiger partial charge on any atom is -0.480 e. The van der Waals surface area contributed by atoms with Crippen molar-refractivity contribution >= 4 is 12.0 Å². The summed E-state index contributed by atoms with van der Waals surface area (Å²) in [6.07, 6.45) is 2.21. The molecule has 0 aromatic carbocycles. The molecule has 7 nitrogen and oxygen atoms in total. The molecular formula is C13H23N3O4. The summed E-state index contributed by atoms with van der Waals surface area (Å²) in [7, 11) is 0. The Morgan fingerprint density at radius 3 is 2.60 bits per heavy atom. The molecular weight excluding hydrogens is 262 g/mol. The largest absolute Gasteiger partial charge is 0.480 e. The standard InChI is InChI=1S/C13H23N3O4/c1-10(12(17)18)15-4-6-16(7-5-15)13(19)14-9-11-3-2-8-20-11/h10-11H,2-9H2,1H3,(H,14,19)(H,17,18). The molecule has 114 valence electrons. The summed E-state index contributed by atoms with van der Waals surface area (Å²) >= 11 is 0. The summed E-state index contributed by atoms with van der Waals surface area (Å²) in [6, 6.07) is -0.574. The molecule has 20 heavy (non-hydrogen) atoms. The van der Waals surface area contributed by atoms with E-state index in [1.807, 2.05) is 4.90 Å². The molecule has 2 aliphatic heterocycles. The van der Waals surface area contributed by atoms with Crippen molar-refractivity contribution in [3.8, 4) is 0 Å². The van der Waals surface area contributed by atoms with Gasteiger partial charge in [0.1, 0.15) is 6.04 Å². The Morgan fingerprint density at radius 1 is 1.35 bits per heavy atom. The second-order valence-electron chi connectivity index (χ2n) is 5.36. The minimum atomic E-state index is -0.818. The zero-order valence-electron chi connectivity index (χ0n) is 11.9. The SMILES string of the molecule is CC(C(=O)O)N1CCN(C(=O)NCC2CCCO2)CC1. The van der Waals surface area contributed by atoms with Gasteiger partial charge in [-0.25, -0.2) is 4.79 Å². The van der Waals surface area contributed by atoms with Gasteiger partial charge in [-0.3, -0.25) is 9.69 Å². The van der Waals surface area contributed by atoms with Crippen LogP contribution in [0.1, 0.15) is 19.8 Å². The average Bonchev–Trinajstić information content (AvgIpc) is 2.97. The molecule has 2 rings (SSSR count). The van der Waals surface area contributed by atoms with E-state index < -0.39 is 12.0 Å². The van der Waals surface area contributed by atoms with Crippen molar-refractivity contribution in [1.82, 2.24) is 15.1 Å². The Labute approximate surface area is 118 Å². The number of carboxylic acid groups (broad SMARTS) is 1. The Balaban J connectivity index is 1.69. The number of nitrogens with zero attached hydrogens (tertiary/aromatic N) is 2. The molecule has 2 aliphatic rings. The molecule has 2 amide bonds. The molecule has 2 saturated heterocycles. The van der Waals surface area contributed by atoms with Crippen LogP contribution in [0.2, 0.25) is 0 Å². The van der Waals surface area contributed by atoms with E-state index in [0.29, 0.717) is 32.7 Å². The van der Waals surface area contributed by atoms with Gasteiger partial charge in [-0.1, -0.05) is 0 Å². The van der Waals surface area contributed by atoms with Crippen LogP contribution in [0.15, 0.2) is 0 Å². The van der Waals surface area contributed by atoms with E-state index in [1.54, 1.807) is 11.8 Å². The van der Waals surface area contributed by atoms with Gasteiger partial charge in [-0.15, -0.1) is 0 Å². The number of ether oxygens (including phenoxy) is 1. The Kier molecular flexibility index (Phi) is 5.19. The summed E-state index contributed by atoms with van der Waals surface area (Å²) in [5.74, 6) is -0.818. The lowest BCUT2D eigenvalue weighted by atomic mass is 10.2. The monoisotopic (exact) mass is 285 g/mol. The molecule has 0 aromatic rings. The van der Waals surface area contributed by atoms with Crippen molar-refractivity contribution < 1.29 is 19.4 Å². The molecule has 0 spiro atoms. The van der Waals surface area contributed by atoms with Gasteiger partial charge in [-0.05, 0) is 19.8 Å². The van der Waals surface area contributed by atoms with E-state index >= 15 is 0 Å². The van der Waals surface area contributed by atoms with Gasteiger partial charge < -0.3 is 20.1 Å². The van der Waals surface area contributed by atoms with Crippen molar-refractivity contribution in [3.05, 3.63) is 0 Å². The Bertz CT molecular complexity index is 350. The van der Waals surface area contributed by atoms with Crippen molar-refractivity contribution in [2.45, 2.75) is 31.9 Å². The molecule has 2 N–H and O–H groups in total. The molecule has 0 radical (unpaired) electrons. The molecule has 7 heteroatoms. The maximum Gasteiger partial charge on any atom is 0.320 e. The third kappa shape index (κ3) is 3.83. The number of carboxylic acids is 1. The highest BCUT2D eigenvalue weighted by atomic mass is 16.5. The lowest BCUT2D eigenvalue weighted by Crippen LogP contribution is -2.55. The first-order valence-electron chi connectivity index (χ1n) is 7.19. The van der Waals surface area contributed by atoms with Gasteiger partial charge in [-0.2, -0.15) is 0 Å². The van der Waals surface area contributed by atoms with Crippen LogP contribution in [0.25, 0.3) is 0 Å². The molecule has 0 bridgehead atoms. The van der Waals surface area contributed by atoms with Crippen LogP contribution in [0, 0.1) is 0 Å². The van der Waals surface area contributed by atoms with Crippen molar-refractivity contribution in [1.29, 1.82) is 0 Å². The number of aliphatic carboxylic acids is 1. The summed E-state index contributed by atoms with van der Waals surface area (Å²) in [6.45, 7) is 5.35. The quantitative estimate of drug-likeness (QED) is 0.758. The van der Waals surface area contributed by atoms with Crippen LogP contribution in [-0.4, -0.2) is 78.4 Å². The van der Waals surface area contributed by atoms with E-state index in [1.165, 1.54) is 0 Å². The molecule has 0 saturated carbocycles. The van der Waals surface area contributed by atoms with E-state index in [0.717, 1.165) is 19.4 Å². The van der Waals surface area contributed by atoms with Gasteiger partial charge in [0.05, 0.1) is 6.10 Å². The number of rotatable bonds is 4. The summed E-state index contributed by atoms with van der Waals surface area (Å²) in [5.41, 5.74) is 0. The smallest absolute Gasteiger partial charge is 0.320 e. The number of urea groups is 1. The van der Waals surface area contributed by atoms with Gasteiger partial charge in [0.2, 0.25) is 0 Å². The molecule has 0 aromatic heterocycles. The molecule has 2 heterocycles. The van der Waals surface area contributed by atoms with E-state index in [-0.39, 0.29) is 12.1 Å². The third-order valence-corrected chi connectivity index (χ3v) is 4.01. The van der Waals surface area contributed by atoms with Crippen LogP contribution in [-0.2, 0) is 9.53 Å². The normalized spacial score (nSPS) is 25.4. The average molecular weight is 285 g/mol. The van der Waals surface area contributed by atoms with Gasteiger partial charge >= 0.3 is 12.0 Å². The number of nitrogens with one attached hydrogen (secondary N) is 1.